The molecule has 1 aliphatic carbocycles. The molecule has 102 valence electrons. The molecule has 0 N–H and O–H groups in total. The lowest BCUT2D eigenvalue weighted by Crippen LogP contribution is -2.37. The number of likely N-dealkylation sites (tertiary alicyclic amines) is 1. The molecule has 2 bridgehead atoms. The molecule has 1 aromatic carbocycles. The van der Waals surface area contributed by atoms with Crippen molar-refractivity contribution >= 4 is 5.57 Å². The Hall–Kier alpha value is -1.28. The van der Waals surface area contributed by atoms with Gasteiger partial charge in [0.25, 0.3) is 0 Å². The van der Waals surface area contributed by atoms with E-state index in [1.54, 1.807) is 7.11 Å². The van der Waals surface area contributed by atoms with Crippen LogP contribution in [0.25, 0.3) is 5.57 Å². The van der Waals surface area contributed by atoms with Crippen molar-refractivity contribution in [1.82, 2.24) is 4.90 Å². The summed E-state index contributed by atoms with van der Waals surface area (Å²) in [4.78, 5) is 2.64. The zero-order valence-electron chi connectivity index (χ0n) is 12.3. The van der Waals surface area contributed by atoms with Crippen LogP contribution in [0.3, 0.4) is 0 Å². The molecule has 1 aliphatic heterocycles. The minimum absolute atomic E-state index is 0.622. The maximum atomic E-state index is 5.30. The standard InChI is InChI=1S/C17H23NO/c1-11(2)18-10-13-8-16(17(18)9-13)15-6-5-14(19-4)7-12(15)3/h5-8,11,13,17H,9-10H2,1-4H3. The fourth-order valence-corrected chi connectivity index (χ4v) is 3.61. The van der Waals surface area contributed by atoms with Gasteiger partial charge in [-0.25, -0.2) is 0 Å². The first-order valence-corrected chi connectivity index (χ1v) is 7.22. The molecule has 3 rings (SSSR count). The number of hydrogen-bond donors (Lipinski definition) is 0. The average Bonchev–Trinajstić information content (AvgIpc) is 2.98. The van der Waals surface area contributed by atoms with Crippen LogP contribution in [0, 0.1) is 12.8 Å². The molecule has 0 spiro atoms. The summed E-state index contributed by atoms with van der Waals surface area (Å²) >= 11 is 0. The Labute approximate surface area is 116 Å². The Kier molecular flexibility index (Phi) is 3.14. The van der Waals surface area contributed by atoms with Crippen molar-refractivity contribution in [2.45, 2.75) is 39.3 Å². The number of benzene rings is 1. The van der Waals surface area contributed by atoms with E-state index < -0.39 is 0 Å². The lowest BCUT2D eigenvalue weighted by molar-refractivity contribution is 0.231. The average molecular weight is 257 g/mol. The van der Waals surface area contributed by atoms with Crippen molar-refractivity contribution in [3.63, 3.8) is 0 Å². The molecular weight excluding hydrogens is 234 g/mol. The van der Waals surface area contributed by atoms with E-state index in [0.29, 0.717) is 12.1 Å². The minimum Gasteiger partial charge on any atom is -0.497 e. The van der Waals surface area contributed by atoms with Crippen LogP contribution in [0.5, 0.6) is 5.75 Å². The van der Waals surface area contributed by atoms with E-state index in [4.69, 9.17) is 4.74 Å². The predicted octanol–water partition coefficient (Wildman–Crippen LogP) is 3.50. The third-order valence-corrected chi connectivity index (χ3v) is 4.55. The third kappa shape index (κ3) is 2.08. The van der Waals surface area contributed by atoms with E-state index in [1.807, 2.05) is 0 Å². The van der Waals surface area contributed by atoms with E-state index in [9.17, 15) is 0 Å². The lowest BCUT2D eigenvalue weighted by atomic mass is 9.95. The molecule has 2 atom stereocenters. The molecule has 1 heterocycles. The second-order valence-electron chi connectivity index (χ2n) is 6.10. The van der Waals surface area contributed by atoms with Crippen LogP contribution < -0.4 is 4.74 Å². The summed E-state index contributed by atoms with van der Waals surface area (Å²) in [5.74, 6) is 1.70. The molecule has 1 aromatic rings. The monoisotopic (exact) mass is 257 g/mol. The first kappa shape index (κ1) is 12.7. The Bertz CT molecular complexity index is 518. The third-order valence-electron chi connectivity index (χ3n) is 4.55. The van der Waals surface area contributed by atoms with Crippen molar-refractivity contribution in [3.05, 3.63) is 35.4 Å². The number of hydrogen-bond acceptors (Lipinski definition) is 2. The molecule has 0 radical (unpaired) electrons. The molecule has 2 nitrogen and oxygen atoms in total. The number of nitrogens with zero attached hydrogens (tertiary/aromatic N) is 1. The molecule has 2 unspecified atom stereocenters. The SMILES string of the molecule is COc1ccc(C2=CC3CC2N(C(C)C)C3)c(C)c1. The van der Waals surface area contributed by atoms with Gasteiger partial charge in [0.1, 0.15) is 5.75 Å². The van der Waals surface area contributed by atoms with Crippen molar-refractivity contribution in [3.8, 4) is 5.75 Å². The van der Waals surface area contributed by atoms with Crippen molar-refractivity contribution in [2.24, 2.45) is 5.92 Å². The van der Waals surface area contributed by atoms with Gasteiger partial charge in [0, 0.05) is 18.6 Å². The van der Waals surface area contributed by atoms with Crippen molar-refractivity contribution in [1.29, 1.82) is 0 Å². The smallest absolute Gasteiger partial charge is 0.119 e. The number of fused-ring (bicyclic) bond motifs is 2. The summed E-state index contributed by atoms with van der Waals surface area (Å²) in [5.41, 5.74) is 4.26. The number of rotatable bonds is 3. The quantitative estimate of drug-likeness (QED) is 0.821. The summed E-state index contributed by atoms with van der Waals surface area (Å²) in [6.07, 6.45) is 3.80. The Morgan fingerprint density at radius 3 is 2.68 bits per heavy atom. The van der Waals surface area contributed by atoms with Gasteiger partial charge in [0.15, 0.2) is 0 Å². The topological polar surface area (TPSA) is 12.5 Å². The Balaban J connectivity index is 1.94. The van der Waals surface area contributed by atoms with E-state index in [2.05, 4.69) is 49.9 Å². The van der Waals surface area contributed by atoms with Crippen LogP contribution in [0.4, 0.5) is 0 Å². The summed E-state index contributed by atoms with van der Waals surface area (Å²) in [5, 5.41) is 0. The van der Waals surface area contributed by atoms with E-state index >= 15 is 0 Å². The number of ether oxygens (including phenoxy) is 1. The summed E-state index contributed by atoms with van der Waals surface area (Å²) in [6.45, 7) is 8.03. The first-order chi connectivity index (χ1) is 9.10. The highest BCUT2D eigenvalue weighted by atomic mass is 16.5. The minimum atomic E-state index is 0.622. The lowest BCUT2D eigenvalue weighted by Gasteiger charge is -2.32. The summed E-state index contributed by atoms with van der Waals surface area (Å²) in [6, 6.07) is 7.70. The van der Waals surface area contributed by atoms with Gasteiger partial charge in [0.05, 0.1) is 7.11 Å². The van der Waals surface area contributed by atoms with Gasteiger partial charge in [-0.1, -0.05) is 12.1 Å². The maximum Gasteiger partial charge on any atom is 0.119 e. The van der Waals surface area contributed by atoms with Gasteiger partial charge in [0.2, 0.25) is 0 Å². The molecule has 19 heavy (non-hydrogen) atoms. The van der Waals surface area contributed by atoms with Crippen LogP contribution in [-0.2, 0) is 0 Å². The van der Waals surface area contributed by atoms with Crippen LogP contribution in [0.1, 0.15) is 31.4 Å². The molecule has 2 heteroatoms. The van der Waals surface area contributed by atoms with Gasteiger partial charge >= 0.3 is 0 Å². The maximum absolute atomic E-state index is 5.30. The van der Waals surface area contributed by atoms with Gasteiger partial charge in [-0.05, 0) is 61.9 Å². The normalized spacial score (nSPS) is 26.1. The Morgan fingerprint density at radius 2 is 2.11 bits per heavy atom. The molecule has 0 saturated carbocycles. The van der Waals surface area contributed by atoms with Crippen LogP contribution in [0.15, 0.2) is 24.3 Å². The van der Waals surface area contributed by atoms with E-state index in [0.717, 1.165) is 11.7 Å². The summed E-state index contributed by atoms with van der Waals surface area (Å²) < 4.78 is 5.30. The van der Waals surface area contributed by atoms with Gasteiger partial charge in [-0.15, -0.1) is 0 Å². The predicted molar refractivity (Wildman–Crippen MR) is 79.4 cm³/mol. The highest BCUT2D eigenvalue weighted by Gasteiger charge is 2.40. The molecule has 2 aliphatic rings. The van der Waals surface area contributed by atoms with Crippen LogP contribution >= 0.6 is 0 Å². The fraction of sp³-hybridized carbons (Fsp3) is 0.529. The van der Waals surface area contributed by atoms with Crippen molar-refractivity contribution < 1.29 is 4.74 Å². The zero-order valence-corrected chi connectivity index (χ0v) is 12.3. The Morgan fingerprint density at radius 1 is 1.32 bits per heavy atom. The molecule has 0 aromatic heterocycles. The number of methoxy groups -OCH3 is 1. The molecular formula is C17H23NO. The molecule has 1 saturated heterocycles. The highest BCUT2D eigenvalue weighted by Crippen LogP contribution is 2.43. The first-order valence-electron chi connectivity index (χ1n) is 7.22. The second kappa shape index (κ2) is 4.68. The number of aryl methyl sites for hydroxylation is 1. The van der Waals surface area contributed by atoms with E-state index in [-0.39, 0.29) is 0 Å². The van der Waals surface area contributed by atoms with Crippen LogP contribution in [-0.4, -0.2) is 30.6 Å². The summed E-state index contributed by atoms with van der Waals surface area (Å²) in [7, 11) is 1.73. The van der Waals surface area contributed by atoms with Gasteiger partial charge in [-0.3, -0.25) is 4.90 Å². The fourth-order valence-electron chi connectivity index (χ4n) is 3.61. The zero-order chi connectivity index (χ0) is 13.6. The van der Waals surface area contributed by atoms with E-state index in [1.165, 1.54) is 29.7 Å². The van der Waals surface area contributed by atoms with Crippen LogP contribution in [0.2, 0.25) is 0 Å². The van der Waals surface area contributed by atoms with Gasteiger partial charge < -0.3 is 4.74 Å². The molecule has 1 fully saturated rings. The molecule has 0 amide bonds. The second-order valence-corrected chi connectivity index (χ2v) is 6.10. The highest BCUT2D eigenvalue weighted by molar-refractivity contribution is 5.75. The van der Waals surface area contributed by atoms with Gasteiger partial charge in [-0.2, -0.15) is 0 Å². The van der Waals surface area contributed by atoms with Crippen molar-refractivity contribution in [2.75, 3.05) is 13.7 Å². The largest absolute Gasteiger partial charge is 0.497 e.